The maximum absolute atomic E-state index is 9.90. The highest BCUT2D eigenvalue weighted by Gasteiger charge is 2.19. The van der Waals surface area contributed by atoms with Crippen molar-refractivity contribution in [3.05, 3.63) is 23.8 Å². The van der Waals surface area contributed by atoms with Gasteiger partial charge < -0.3 is 19.7 Å². The van der Waals surface area contributed by atoms with Crippen LogP contribution in [-0.2, 0) is 0 Å². The molecule has 0 spiro atoms. The van der Waals surface area contributed by atoms with Crippen LogP contribution in [0.1, 0.15) is 18.1 Å². The minimum absolute atomic E-state index is 0.297. The van der Waals surface area contributed by atoms with E-state index in [9.17, 15) is 10.2 Å². The molecule has 2 atom stereocenters. The molecule has 2 unspecified atom stereocenters. The summed E-state index contributed by atoms with van der Waals surface area (Å²) in [5.41, 5.74) is 0.570. The SMILES string of the molecule is COc1ccc(C(O)C(O)CCCl)cc1OC. The van der Waals surface area contributed by atoms with Gasteiger partial charge in [0.15, 0.2) is 11.5 Å². The maximum Gasteiger partial charge on any atom is 0.161 e. The second-order valence-corrected chi connectivity index (χ2v) is 3.98. The van der Waals surface area contributed by atoms with Crippen molar-refractivity contribution in [2.45, 2.75) is 18.6 Å². The Bertz CT molecular complexity index is 356. The van der Waals surface area contributed by atoms with E-state index >= 15 is 0 Å². The molecule has 4 nitrogen and oxygen atoms in total. The third kappa shape index (κ3) is 3.49. The van der Waals surface area contributed by atoms with E-state index in [1.165, 1.54) is 14.2 Å². The summed E-state index contributed by atoms with van der Waals surface area (Å²) in [5.74, 6) is 1.39. The van der Waals surface area contributed by atoms with Crippen LogP contribution in [-0.4, -0.2) is 36.4 Å². The molecule has 1 aromatic carbocycles. The van der Waals surface area contributed by atoms with E-state index < -0.39 is 12.2 Å². The van der Waals surface area contributed by atoms with Gasteiger partial charge in [-0.05, 0) is 24.1 Å². The molecule has 0 amide bonds. The maximum atomic E-state index is 9.90. The highest BCUT2D eigenvalue weighted by Crippen LogP contribution is 2.31. The van der Waals surface area contributed by atoms with Crippen LogP contribution in [0.4, 0.5) is 0 Å². The number of hydrogen-bond donors (Lipinski definition) is 2. The Labute approximate surface area is 106 Å². The van der Waals surface area contributed by atoms with Crippen LogP contribution >= 0.6 is 11.6 Å². The van der Waals surface area contributed by atoms with Crippen LogP contribution in [0.2, 0.25) is 0 Å². The molecule has 1 aromatic rings. The Hall–Kier alpha value is -0.970. The van der Waals surface area contributed by atoms with Crippen molar-refractivity contribution in [2.24, 2.45) is 0 Å². The van der Waals surface area contributed by atoms with E-state index in [4.69, 9.17) is 21.1 Å². The Morgan fingerprint density at radius 2 is 1.82 bits per heavy atom. The standard InChI is InChI=1S/C12H17ClO4/c1-16-10-4-3-8(7-11(10)17-2)12(15)9(14)5-6-13/h3-4,7,9,12,14-15H,5-6H2,1-2H3. The van der Waals surface area contributed by atoms with Gasteiger partial charge in [0.2, 0.25) is 0 Å². The Kier molecular flexibility index (Phi) is 5.55. The molecule has 1 rings (SSSR count). The van der Waals surface area contributed by atoms with E-state index in [0.29, 0.717) is 29.4 Å². The highest BCUT2D eigenvalue weighted by molar-refractivity contribution is 6.17. The van der Waals surface area contributed by atoms with Crippen molar-refractivity contribution in [3.63, 3.8) is 0 Å². The number of alkyl halides is 1. The number of aliphatic hydroxyl groups excluding tert-OH is 2. The summed E-state index contributed by atoms with van der Waals surface area (Å²) in [4.78, 5) is 0. The Morgan fingerprint density at radius 1 is 1.18 bits per heavy atom. The van der Waals surface area contributed by atoms with Crippen molar-refractivity contribution in [2.75, 3.05) is 20.1 Å². The minimum Gasteiger partial charge on any atom is -0.493 e. The minimum atomic E-state index is -0.978. The van der Waals surface area contributed by atoms with Gasteiger partial charge in [0.1, 0.15) is 6.10 Å². The van der Waals surface area contributed by atoms with E-state index in [0.717, 1.165) is 0 Å². The smallest absolute Gasteiger partial charge is 0.161 e. The van der Waals surface area contributed by atoms with Crippen LogP contribution in [0, 0.1) is 0 Å². The number of rotatable bonds is 6. The number of aliphatic hydroxyl groups is 2. The zero-order valence-electron chi connectivity index (χ0n) is 9.89. The first-order valence-electron chi connectivity index (χ1n) is 5.28. The second kappa shape index (κ2) is 6.69. The summed E-state index contributed by atoms with van der Waals surface area (Å²) in [7, 11) is 3.06. The first-order chi connectivity index (χ1) is 8.13. The monoisotopic (exact) mass is 260 g/mol. The van der Waals surface area contributed by atoms with Crippen LogP contribution in [0.25, 0.3) is 0 Å². The number of methoxy groups -OCH3 is 2. The predicted octanol–water partition coefficient (Wildman–Crippen LogP) is 1.73. The molecule has 0 fully saturated rings. The van der Waals surface area contributed by atoms with Crippen LogP contribution in [0.3, 0.4) is 0 Å². The lowest BCUT2D eigenvalue weighted by Gasteiger charge is -2.18. The van der Waals surface area contributed by atoms with Gasteiger partial charge in [-0.1, -0.05) is 6.07 Å². The molecule has 0 aliphatic heterocycles. The second-order valence-electron chi connectivity index (χ2n) is 3.60. The fourth-order valence-electron chi connectivity index (χ4n) is 1.53. The average molecular weight is 261 g/mol. The zero-order chi connectivity index (χ0) is 12.8. The first-order valence-corrected chi connectivity index (χ1v) is 5.81. The average Bonchev–Trinajstić information content (AvgIpc) is 2.37. The molecule has 0 radical (unpaired) electrons. The van der Waals surface area contributed by atoms with Gasteiger partial charge in [-0.3, -0.25) is 0 Å². The zero-order valence-corrected chi connectivity index (χ0v) is 10.6. The molecular formula is C12H17ClO4. The number of halogens is 1. The lowest BCUT2D eigenvalue weighted by Crippen LogP contribution is -2.18. The van der Waals surface area contributed by atoms with Crippen LogP contribution in [0.15, 0.2) is 18.2 Å². The summed E-state index contributed by atoms with van der Waals surface area (Å²) in [6, 6.07) is 5.01. The van der Waals surface area contributed by atoms with Crippen molar-refractivity contribution in [1.29, 1.82) is 0 Å². The Morgan fingerprint density at radius 3 is 2.35 bits per heavy atom. The van der Waals surface area contributed by atoms with Gasteiger partial charge in [0.25, 0.3) is 0 Å². The quantitative estimate of drug-likeness (QED) is 0.765. The molecule has 2 N–H and O–H groups in total. The molecule has 5 heteroatoms. The molecule has 0 bridgehead atoms. The Balaban J connectivity index is 2.91. The first kappa shape index (κ1) is 14.1. The van der Waals surface area contributed by atoms with E-state index in [2.05, 4.69) is 0 Å². The van der Waals surface area contributed by atoms with Gasteiger partial charge >= 0.3 is 0 Å². The summed E-state index contributed by atoms with van der Waals surface area (Å²) < 4.78 is 10.2. The van der Waals surface area contributed by atoms with Gasteiger partial charge in [0, 0.05) is 5.88 Å². The molecule has 0 heterocycles. The molecule has 0 aromatic heterocycles. The van der Waals surface area contributed by atoms with Crippen LogP contribution < -0.4 is 9.47 Å². The number of hydrogen-bond acceptors (Lipinski definition) is 4. The molecular weight excluding hydrogens is 244 g/mol. The fraction of sp³-hybridized carbons (Fsp3) is 0.500. The highest BCUT2D eigenvalue weighted by atomic mass is 35.5. The topological polar surface area (TPSA) is 58.9 Å². The van der Waals surface area contributed by atoms with Gasteiger partial charge in [0.05, 0.1) is 20.3 Å². The third-order valence-electron chi connectivity index (χ3n) is 2.52. The molecule has 0 aliphatic rings. The van der Waals surface area contributed by atoms with Crippen molar-refractivity contribution >= 4 is 11.6 Å². The van der Waals surface area contributed by atoms with Crippen molar-refractivity contribution in [1.82, 2.24) is 0 Å². The molecule has 0 saturated carbocycles. The summed E-state index contributed by atoms with van der Waals surface area (Å²) in [6.45, 7) is 0. The predicted molar refractivity (Wildman–Crippen MR) is 65.8 cm³/mol. The largest absolute Gasteiger partial charge is 0.493 e. The normalized spacial score (nSPS) is 14.2. The van der Waals surface area contributed by atoms with Gasteiger partial charge in [-0.2, -0.15) is 0 Å². The van der Waals surface area contributed by atoms with Crippen molar-refractivity contribution in [3.8, 4) is 11.5 Å². The lowest BCUT2D eigenvalue weighted by atomic mass is 10.0. The summed E-state index contributed by atoms with van der Waals surface area (Å²) in [5, 5.41) is 19.6. The third-order valence-corrected chi connectivity index (χ3v) is 2.74. The van der Waals surface area contributed by atoms with E-state index in [-0.39, 0.29) is 0 Å². The van der Waals surface area contributed by atoms with Crippen molar-refractivity contribution < 1.29 is 19.7 Å². The number of benzene rings is 1. The molecule has 0 saturated heterocycles. The molecule has 0 aliphatic carbocycles. The fourth-order valence-corrected chi connectivity index (χ4v) is 1.75. The summed E-state index contributed by atoms with van der Waals surface area (Å²) in [6.07, 6.45) is -1.53. The number of ether oxygens (including phenoxy) is 2. The molecule has 96 valence electrons. The van der Waals surface area contributed by atoms with E-state index in [1.807, 2.05) is 0 Å². The van der Waals surface area contributed by atoms with E-state index in [1.54, 1.807) is 18.2 Å². The molecule has 17 heavy (non-hydrogen) atoms. The summed E-state index contributed by atoms with van der Waals surface area (Å²) >= 11 is 5.52. The van der Waals surface area contributed by atoms with Gasteiger partial charge in [-0.25, -0.2) is 0 Å². The van der Waals surface area contributed by atoms with Gasteiger partial charge in [-0.15, -0.1) is 11.6 Å². The lowest BCUT2D eigenvalue weighted by molar-refractivity contribution is 0.0168. The van der Waals surface area contributed by atoms with Crippen LogP contribution in [0.5, 0.6) is 11.5 Å².